The van der Waals surface area contributed by atoms with Gasteiger partial charge in [-0.2, -0.15) is 0 Å². The van der Waals surface area contributed by atoms with Crippen molar-refractivity contribution in [3.63, 3.8) is 0 Å². The normalized spacial score (nSPS) is 16.9. The highest BCUT2D eigenvalue weighted by Gasteiger charge is 2.04. The Morgan fingerprint density at radius 3 is 2.00 bits per heavy atom. The molecule has 0 aromatic heterocycles. The third-order valence-electron chi connectivity index (χ3n) is 1.35. The Bertz CT molecular complexity index is 110. The fourth-order valence-corrected chi connectivity index (χ4v) is 0.854. The standard InChI is InChI=1S/C7H14O2/c1-4-7(5(2)8)6(3)9/h5,8-9H,4H2,1-3H3/b7-6-. The van der Waals surface area contributed by atoms with Crippen LogP contribution in [0.3, 0.4) is 0 Å². The molecule has 0 aliphatic heterocycles. The predicted octanol–water partition coefficient (Wildman–Crippen LogP) is 1.61. The van der Waals surface area contributed by atoms with Crippen molar-refractivity contribution in [3.05, 3.63) is 11.3 Å². The Hall–Kier alpha value is -0.500. The van der Waals surface area contributed by atoms with E-state index >= 15 is 0 Å². The molecule has 0 aliphatic rings. The topological polar surface area (TPSA) is 40.5 Å². The van der Waals surface area contributed by atoms with Gasteiger partial charge >= 0.3 is 0 Å². The summed E-state index contributed by atoms with van der Waals surface area (Å²) in [5.41, 5.74) is 0.718. The van der Waals surface area contributed by atoms with Crippen molar-refractivity contribution in [2.75, 3.05) is 0 Å². The molecule has 0 amide bonds. The lowest BCUT2D eigenvalue weighted by Crippen LogP contribution is -2.05. The van der Waals surface area contributed by atoms with E-state index < -0.39 is 6.10 Å². The van der Waals surface area contributed by atoms with Gasteiger partial charge in [-0.3, -0.25) is 0 Å². The third-order valence-corrected chi connectivity index (χ3v) is 1.35. The highest BCUT2D eigenvalue weighted by Crippen LogP contribution is 2.09. The lowest BCUT2D eigenvalue weighted by Gasteiger charge is -2.07. The first-order valence-corrected chi connectivity index (χ1v) is 3.16. The van der Waals surface area contributed by atoms with Crippen molar-refractivity contribution in [2.24, 2.45) is 0 Å². The first-order chi connectivity index (χ1) is 4.09. The molecule has 0 saturated heterocycles. The zero-order valence-corrected chi connectivity index (χ0v) is 6.18. The number of allylic oxidation sites excluding steroid dienone is 1. The van der Waals surface area contributed by atoms with Gasteiger partial charge in [0.1, 0.15) is 0 Å². The van der Waals surface area contributed by atoms with Gasteiger partial charge in [0.05, 0.1) is 11.9 Å². The van der Waals surface area contributed by atoms with E-state index in [4.69, 9.17) is 10.2 Å². The van der Waals surface area contributed by atoms with Crippen LogP contribution in [0.15, 0.2) is 11.3 Å². The van der Waals surface area contributed by atoms with Gasteiger partial charge in [-0.05, 0) is 25.8 Å². The first kappa shape index (κ1) is 8.50. The lowest BCUT2D eigenvalue weighted by molar-refractivity contribution is 0.218. The minimum Gasteiger partial charge on any atom is -0.513 e. The zero-order valence-electron chi connectivity index (χ0n) is 6.18. The van der Waals surface area contributed by atoms with Gasteiger partial charge in [-0.15, -0.1) is 0 Å². The maximum Gasteiger partial charge on any atom is 0.0909 e. The van der Waals surface area contributed by atoms with Gasteiger partial charge in [-0.1, -0.05) is 6.92 Å². The fourth-order valence-electron chi connectivity index (χ4n) is 0.854. The third kappa shape index (κ3) is 2.51. The summed E-state index contributed by atoms with van der Waals surface area (Å²) in [4.78, 5) is 0. The van der Waals surface area contributed by atoms with Crippen LogP contribution in [-0.4, -0.2) is 16.3 Å². The Morgan fingerprint density at radius 1 is 1.56 bits per heavy atom. The average Bonchev–Trinajstić information content (AvgIpc) is 1.64. The van der Waals surface area contributed by atoms with Crippen molar-refractivity contribution in [1.82, 2.24) is 0 Å². The van der Waals surface area contributed by atoms with Crippen molar-refractivity contribution in [3.8, 4) is 0 Å². The molecule has 0 heterocycles. The van der Waals surface area contributed by atoms with E-state index in [1.165, 1.54) is 0 Å². The van der Waals surface area contributed by atoms with Crippen molar-refractivity contribution in [2.45, 2.75) is 33.3 Å². The second-order valence-corrected chi connectivity index (χ2v) is 2.14. The van der Waals surface area contributed by atoms with Crippen LogP contribution < -0.4 is 0 Å². The smallest absolute Gasteiger partial charge is 0.0909 e. The summed E-state index contributed by atoms with van der Waals surface area (Å²) in [7, 11) is 0. The molecule has 1 atom stereocenters. The Kier molecular flexibility index (Phi) is 3.32. The Morgan fingerprint density at radius 2 is 2.00 bits per heavy atom. The molecule has 54 valence electrons. The van der Waals surface area contributed by atoms with Gasteiger partial charge in [0.25, 0.3) is 0 Å². The first-order valence-electron chi connectivity index (χ1n) is 3.16. The van der Waals surface area contributed by atoms with E-state index in [9.17, 15) is 0 Å². The zero-order chi connectivity index (χ0) is 7.44. The van der Waals surface area contributed by atoms with E-state index in [-0.39, 0.29) is 5.76 Å². The minimum atomic E-state index is -0.514. The molecule has 0 bridgehead atoms. The number of hydrogen-bond acceptors (Lipinski definition) is 2. The molecule has 0 aromatic rings. The number of rotatable bonds is 2. The van der Waals surface area contributed by atoms with Gasteiger partial charge in [0.2, 0.25) is 0 Å². The molecule has 2 nitrogen and oxygen atoms in total. The van der Waals surface area contributed by atoms with E-state index in [0.717, 1.165) is 5.57 Å². The SMILES string of the molecule is CC/C(=C(\C)O)C(C)O. The largest absolute Gasteiger partial charge is 0.513 e. The van der Waals surface area contributed by atoms with E-state index in [1.807, 2.05) is 6.92 Å². The van der Waals surface area contributed by atoms with Crippen molar-refractivity contribution < 1.29 is 10.2 Å². The summed E-state index contributed by atoms with van der Waals surface area (Å²) in [6.07, 6.45) is 0.194. The van der Waals surface area contributed by atoms with E-state index in [0.29, 0.717) is 6.42 Å². The Labute approximate surface area is 55.8 Å². The molecule has 9 heavy (non-hydrogen) atoms. The Balaban J connectivity index is 4.16. The monoisotopic (exact) mass is 130 g/mol. The molecule has 2 N–H and O–H groups in total. The number of hydrogen-bond donors (Lipinski definition) is 2. The number of aliphatic hydroxyl groups is 2. The van der Waals surface area contributed by atoms with E-state index in [1.54, 1.807) is 13.8 Å². The molecule has 0 aliphatic carbocycles. The van der Waals surface area contributed by atoms with Crippen LogP contribution >= 0.6 is 0 Å². The molecule has 0 saturated carbocycles. The van der Waals surface area contributed by atoms with Crippen LogP contribution in [0, 0.1) is 0 Å². The minimum absolute atomic E-state index is 0.243. The van der Waals surface area contributed by atoms with E-state index in [2.05, 4.69) is 0 Å². The van der Waals surface area contributed by atoms with Crippen molar-refractivity contribution in [1.29, 1.82) is 0 Å². The maximum atomic E-state index is 8.96. The van der Waals surface area contributed by atoms with Gasteiger partial charge in [-0.25, -0.2) is 0 Å². The molecular weight excluding hydrogens is 116 g/mol. The highest BCUT2D eigenvalue weighted by atomic mass is 16.3. The molecule has 1 unspecified atom stereocenters. The molecule has 0 rings (SSSR count). The van der Waals surface area contributed by atoms with Gasteiger partial charge < -0.3 is 10.2 Å². The van der Waals surface area contributed by atoms with Crippen LogP contribution in [0.5, 0.6) is 0 Å². The summed E-state index contributed by atoms with van der Waals surface area (Å²) >= 11 is 0. The van der Waals surface area contributed by atoms with Crippen LogP contribution in [0.2, 0.25) is 0 Å². The maximum absolute atomic E-state index is 8.96. The summed E-state index contributed by atoms with van der Waals surface area (Å²) in [6, 6.07) is 0. The van der Waals surface area contributed by atoms with Gasteiger partial charge in [0, 0.05) is 0 Å². The molecule has 2 heteroatoms. The predicted molar refractivity (Wildman–Crippen MR) is 37.3 cm³/mol. The summed E-state index contributed by atoms with van der Waals surface area (Å²) < 4.78 is 0. The summed E-state index contributed by atoms with van der Waals surface area (Å²) in [5.74, 6) is 0.243. The van der Waals surface area contributed by atoms with Crippen LogP contribution in [0.25, 0.3) is 0 Å². The molecule has 0 spiro atoms. The molecule has 0 radical (unpaired) electrons. The van der Waals surface area contributed by atoms with Gasteiger partial charge in [0.15, 0.2) is 0 Å². The second kappa shape index (κ2) is 3.51. The van der Waals surface area contributed by atoms with Crippen LogP contribution in [0.1, 0.15) is 27.2 Å². The number of aliphatic hydroxyl groups excluding tert-OH is 2. The molecule has 0 aromatic carbocycles. The highest BCUT2D eigenvalue weighted by molar-refractivity contribution is 5.08. The second-order valence-electron chi connectivity index (χ2n) is 2.14. The summed E-state index contributed by atoms with van der Waals surface area (Å²) in [5, 5.41) is 17.9. The molecule has 0 fully saturated rings. The quantitative estimate of drug-likeness (QED) is 0.557. The molecular formula is C7H14O2. The van der Waals surface area contributed by atoms with Crippen LogP contribution in [0.4, 0.5) is 0 Å². The summed E-state index contributed by atoms with van der Waals surface area (Å²) in [6.45, 7) is 5.14. The lowest BCUT2D eigenvalue weighted by atomic mass is 10.1. The fraction of sp³-hybridized carbons (Fsp3) is 0.714. The van der Waals surface area contributed by atoms with Crippen molar-refractivity contribution >= 4 is 0 Å². The average molecular weight is 130 g/mol. The van der Waals surface area contributed by atoms with Crippen LogP contribution in [-0.2, 0) is 0 Å².